The van der Waals surface area contributed by atoms with Crippen molar-refractivity contribution in [1.29, 1.82) is 0 Å². The predicted octanol–water partition coefficient (Wildman–Crippen LogP) is 1.19. The van der Waals surface area contributed by atoms with Crippen molar-refractivity contribution in [2.24, 2.45) is 5.73 Å². The lowest BCUT2D eigenvalue weighted by atomic mass is 10.2. The van der Waals surface area contributed by atoms with Gasteiger partial charge in [0.05, 0.1) is 6.04 Å². The number of thioether (sulfide) groups is 1. The third kappa shape index (κ3) is 5.63. The van der Waals surface area contributed by atoms with Crippen LogP contribution >= 0.6 is 11.8 Å². The third-order valence-electron chi connectivity index (χ3n) is 2.52. The summed E-state index contributed by atoms with van der Waals surface area (Å²) >= 11 is 1.71. The van der Waals surface area contributed by atoms with E-state index in [0.717, 1.165) is 18.6 Å². The Morgan fingerprint density at radius 3 is 3.16 bits per heavy atom. The molecule has 0 spiro atoms. The van der Waals surface area contributed by atoms with Gasteiger partial charge < -0.3 is 20.2 Å². The fraction of sp³-hybridized carbons (Fsp3) is 0.667. The molecule has 0 fully saturated rings. The van der Waals surface area contributed by atoms with Crippen LogP contribution in [-0.4, -0.2) is 43.2 Å². The van der Waals surface area contributed by atoms with E-state index in [0.29, 0.717) is 19.0 Å². The van der Waals surface area contributed by atoms with E-state index in [1.807, 2.05) is 6.26 Å². The Balaban J connectivity index is 2.42. The number of nitrogens with one attached hydrogen (secondary N) is 1. The molecule has 3 N–H and O–H groups in total. The van der Waals surface area contributed by atoms with Crippen LogP contribution in [0, 0.1) is 0 Å². The van der Waals surface area contributed by atoms with Crippen molar-refractivity contribution >= 4 is 17.7 Å². The SMILES string of the molecule is COCCCNC(=O)c1coc(C(N)CCSC)n1. The van der Waals surface area contributed by atoms with E-state index < -0.39 is 0 Å². The highest BCUT2D eigenvalue weighted by Crippen LogP contribution is 2.15. The second kappa shape index (κ2) is 8.95. The minimum Gasteiger partial charge on any atom is -0.446 e. The first-order valence-corrected chi connectivity index (χ1v) is 7.55. The summed E-state index contributed by atoms with van der Waals surface area (Å²) in [6.45, 7) is 1.16. The van der Waals surface area contributed by atoms with Crippen LogP contribution in [0.4, 0.5) is 0 Å². The van der Waals surface area contributed by atoms with Crippen LogP contribution in [0.1, 0.15) is 35.3 Å². The molecule has 0 aliphatic rings. The van der Waals surface area contributed by atoms with Gasteiger partial charge in [0.15, 0.2) is 5.69 Å². The molecular weight excluding hydrogens is 266 g/mol. The van der Waals surface area contributed by atoms with Gasteiger partial charge in [-0.05, 0) is 24.9 Å². The van der Waals surface area contributed by atoms with Crippen LogP contribution in [0.15, 0.2) is 10.7 Å². The molecule has 0 bridgehead atoms. The fourth-order valence-electron chi connectivity index (χ4n) is 1.44. The van der Waals surface area contributed by atoms with E-state index >= 15 is 0 Å². The van der Waals surface area contributed by atoms with Gasteiger partial charge in [0.1, 0.15) is 6.26 Å². The molecule has 0 radical (unpaired) electrons. The molecule has 1 unspecified atom stereocenters. The molecule has 0 saturated heterocycles. The van der Waals surface area contributed by atoms with Crippen LogP contribution in [0.5, 0.6) is 0 Å². The van der Waals surface area contributed by atoms with Crippen LogP contribution in [0.25, 0.3) is 0 Å². The summed E-state index contributed by atoms with van der Waals surface area (Å²) < 4.78 is 10.1. The number of ether oxygens (including phenoxy) is 1. The number of carbonyl (C=O) groups excluding carboxylic acids is 1. The molecule has 1 atom stereocenters. The summed E-state index contributed by atoms with van der Waals surface area (Å²) in [6, 6.07) is -0.262. The van der Waals surface area contributed by atoms with Crippen LogP contribution < -0.4 is 11.1 Å². The highest BCUT2D eigenvalue weighted by molar-refractivity contribution is 7.98. The van der Waals surface area contributed by atoms with Crippen molar-refractivity contribution in [3.63, 3.8) is 0 Å². The van der Waals surface area contributed by atoms with E-state index in [4.69, 9.17) is 14.9 Å². The van der Waals surface area contributed by atoms with Crippen molar-refractivity contribution in [3.05, 3.63) is 17.8 Å². The summed E-state index contributed by atoms with van der Waals surface area (Å²) in [5.41, 5.74) is 6.19. The second-order valence-electron chi connectivity index (χ2n) is 4.06. The lowest BCUT2D eigenvalue weighted by Gasteiger charge is -2.05. The first-order chi connectivity index (χ1) is 9.19. The summed E-state index contributed by atoms with van der Waals surface area (Å²) in [4.78, 5) is 15.9. The maximum Gasteiger partial charge on any atom is 0.273 e. The van der Waals surface area contributed by atoms with Crippen molar-refractivity contribution in [2.75, 3.05) is 32.3 Å². The van der Waals surface area contributed by atoms with Crippen molar-refractivity contribution in [2.45, 2.75) is 18.9 Å². The highest BCUT2D eigenvalue weighted by Gasteiger charge is 2.16. The molecule has 0 aromatic carbocycles. The van der Waals surface area contributed by atoms with Gasteiger partial charge in [-0.2, -0.15) is 11.8 Å². The first-order valence-electron chi connectivity index (χ1n) is 6.16. The molecule has 19 heavy (non-hydrogen) atoms. The second-order valence-corrected chi connectivity index (χ2v) is 5.05. The van der Waals surface area contributed by atoms with E-state index in [1.165, 1.54) is 6.26 Å². The predicted molar refractivity (Wildman–Crippen MR) is 75.3 cm³/mol. The highest BCUT2D eigenvalue weighted by atomic mass is 32.2. The van der Waals surface area contributed by atoms with E-state index in [1.54, 1.807) is 18.9 Å². The van der Waals surface area contributed by atoms with Crippen LogP contribution in [0.3, 0.4) is 0 Å². The summed E-state index contributed by atoms with van der Waals surface area (Å²) in [6.07, 6.45) is 4.90. The zero-order valence-electron chi connectivity index (χ0n) is 11.3. The number of hydrogen-bond donors (Lipinski definition) is 2. The molecule has 0 saturated carbocycles. The average Bonchev–Trinajstić information content (AvgIpc) is 2.90. The number of carbonyl (C=O) groups is 1. The maximum absolute atomic E-state index is 11.7. The minimum absolute atomic E-state index is 0.247. The third-order valence-corrected chi connectivity index (χ3v) is 3.16. The number of hydrogen-bond acceptors (Lipinski definition) is 6. The van der Waals surface area contributed by atoms with Gasteiger partial charge in [0.2, 0.25) is 5.89 Å². The topological polar surface area (TPSA) is 90.4 Å². The van der Waals surface area contributed by atoms with Gasteiger partial charge in [-0.3, -0.25) is 4.79 Å². The normalized spacial score (nSPS) is 12.4. The van der Waals surface area contributed by atoms with E-state index in [-0.39, 0.29) is 17.6 Å². The molecule has 1 aromatic heterocycles. The number of nitrogens with zero attached hydrogens (tertiary/aromatic N) is 1. The van der Waals surface area contributed by atoms with Crippen LogP contribution in [0.2, 0.25) is 0 Å². The standard InChI is InChI=1S/C12H21N3O3S/c1-17-6-3-5-14-11(16)10-8-18-12(15-10)9(13)4-7-19-2/h8-9H,3-7,13H2,1-2H3,(H,14,16). The smallest absolute Gasteiger partial charge is 0.273 e. The Kier molecular flexibility index (Phi) is 7.54. The van der Waals surface area contributed by atoms with E-state index in [2.05, 4.69) is 10.3 Å². The van der Waals surface area contributed by atoms with Crippen molar-refractivity contribution < 1.29 is 13.9 Å². The number of aromatic nitrogens is 1. The fourth-order valence-corrected chi connectivity index (χ4v) is 1.93. The Morgan fingerprint density at radius 1 is 1.68 bits per heavy atom. The largest absolute Gasteiger partial charge is 0.446 e. The Bertz CT molecular complexity index is 384. The van der Waals surface area contributed by atoms with Gasteiger partial charge in [-0.15, -0.1) is 0 Å². The van der Waals surface area contributed by atoms with Gasteiger partial charge in [0, 0.05) is 20.3 Å². The number of nitrogens with two attached hydrogens (primary N) is 1. The van der Waals surface area contributed by atoms with Gasteiger partial charge in [-0.25, -0.2) is 4.98 Å². The molecule has 1 heterocycles. The average molecular weight is 287 g/mol. The quantitative estimate of drug-likeness (QED) is 0.663. The Labute approximate surface area is 117 Å². The summed E-state index contributed by atoms with van der Waals surface area (Å²) in [5.74, 6) is 1.10. The zero-order valence-corrected chi connectivity index (χ0v) is 12.2. The monoisotopic (exact) mass is 287 g/mol. The molecule has 6 nitrogen and oxygen atoms in total. The van der Waals surface area contributed by atoms with Crippen LogP contribution in [-0.2, 0) is 4.74 Å². The Hall–Kier alpha value is -1.05. The number of methoxy groups -OCH3 is 1. The maximum atomic E-state index is 11.7. The molecule has 0 aliphatic heterocycles. The summed E-state index contributed by atoms with van der Waals surface area (Å²) in [7, 11) is 1.63. The molecule has 108 valence electrons. The molecule has 1 aromatic rings. The molecule has 1 amide bonds. The van der Waals surface area contributed by atoms with Gasteiger partial charge in [0.25, 0.3) is 5.91 Å². The number of oxazole rings is 1. The number of rotatable bonds is 9. The lowest BCUT2D eigenvalue weighted by Crippen LogP contribution is -2.25. The minimum atomic E-state index is -0.262. The lowest BCUT2D eigenvalue weighted by molar-refractivity contribution is 0.0943. The van der Waals surface area contributed by atoms with Gasteiger partial charge >= 0.3 is 0 Å². The molecule has 0 aliphatic carbocycles. The number of amides is 1. The first kappa shape index (κ1) is 16.0. The van der Waals surface area contributed by atoms with Crippen molar-refractivity contribution in [1.82, 2.24) is 10.3 Å². The molecular formula is C12H21N3O3S. The van der Waals surface area contributed by atoms with Crippen molar-refractivity contribution in [3.8, 4) is 0 Å². The molecule has 1 rings (SSSR count). The Morgan fingerprint density at radius 2 is 2.47 bits per heavy atom. The van der Waals surface area contributed by atoms with Gasteiger partial charge in [-0.1, -0.05) is 0 Å². The zero-order chi connectivity index (χ0) is 14.1. The summed E-state index contributed by atoms with van der Waals surface area (Å²) in [5, 5.41) is 2.74. The van der Waals surface area contributed by atoms with E-state index in [9.17, 15) is 4.79 Å². The molecule has 7 heteroatoms.